The highest BCUT2D eigenvalue weighted by atomic mass is 16.2. The summed E-state index contributed by atoms with van der Waals surface area (Å²) >= 11 is 0. The highest BCUT2D eigenvalue weighted by Crippen LogP contribution is 2.35. The summed E-state index contributed by atoms with van der Waals surface area (Å²) < 4.78 is 0. The standard InChI is InChI=1S/C26H31N5O4/c27-21(16-3-4-16)9-11-29-18-12-15(13-18)2-1-10-28-17-5-6-19-20(14-17)26(35)31(25(19)34)22-7-8-23(32)30-24(22)33/h5-6,9,11,14-16,18,22,28H,1-4,7-8,10,12-13,27H2,(H,30,32,33)/t15?,18?,22-/m1/s1. The Bertz CT molecular complexity index is 1120. The number of carbonyl (C=O) groups is 4. The van der Waals surface area contributed by atoms with Gasteiger partial charge in [0.15, 0.2) is 0 Å². The zero-order valence-corrected chi connectivity index (χ0v) is 19.7. The predicted molar refractivity (Wildman–Crippen MR) is 131 cm³/mol. The van der Waals surface area contributed by atoms with Crippen molar-refractivity contribution in [2.24, 2.45) is 22.6 Å². The number of hydrogen-bond donors (Lipinski definition) is 3. The molecule has 184 valence electrons. The van der Waals surface area contributed by atoms with Crippen molar-refractivity contribution in [1.29, 1.82) is 0 Å². The number of nitrogens with two attached hydrogens (primary N) is 1. The van der Waals surface area contributed by atoms with Crippen molar-refractivity contribution >= 4 is 35.5 Å². The highest BCUT2D eigenvalue weighted by Gasteiger charge is 2.44. The molecular formula is C26H31N5O4. The fourth-order valence-corrected chi connectivity index (χ4v) is 5.07. The van der Waals surface area contributed by atoms with E-state index in [1.54, 1.807) is 18.2 Å². The summed E-state index contributed by atoms with van der Waals surface area (Å²) in [5.41, 5.74) is 8.28. The van der Waals surface area contributed by atoms with Crippen LogP contribution < -0.4 is 16.4 Å². The summed E-state index contributed by atoms with van der Waals surface area (Å²) in [4.78, 5) is 54.9. The molecule has 0 spiro atoms. The molecule has 9 heteroatoms. The first kappa shape index (κ1) is 23.3. The summed E-state index contributed by atoms with van der Waals surface area (Å²) in [5.74, 6) is -0.693. The summed E-state index contributed by atoms with van der Waals surface area (Å²) in [6, 6.07) is 4.55. The van der Waals surface area contributed by atoms with Gasteiger partial charge >= 0.3 is 0 Å². The molecule has 1 aromatic carbocycles. The van der Waals surface area contributed by atoms with E-state index < -0.39 is 23.8 Å². The topological polar surface area (TPSA) is 134 Å². The number of allylic oxidation sites excluding steroid dienone is 2. The Morgan fingerprint density at radius 2 is 1.89 bits per heavy atom. The number of hydrogen-bond acceptors (Lipinski definition) is 7. The molecule has 2 saturated carbocycles. The van der Waals surface area contributed by atoms with Gasteiger partial charge in [-0.3, -0.25) is 34.4 Å². The van der Waals surface area contributed by atoms with Crippen molar-refractivity contribution in [3.05, 3.63) is 41.1 Å². The number of fused-ring (bicyclic) bond motifs is 1. The van der Waals surface area contributed by atoms with Gasteiger partial charge < -0.3 is 11.1 Å². The quantitative estimate of drug-likeness (QED) is 0.284. The summed E-state index contributed by atoms with van der Waals surface area (Å²) in [6.07, 6.45) is 10.8. The van der Waals surface area contributed by atoms with Gasteiger partial charge in [-0.1, -0.05) is 0 Å². The van der Waals surface area contributed by atoms with Crippen molar-refractivity contribution in [2.75, 3.05) is 11.9 Å². The van der Waals surface area contributed by atoms with Crippen molar-refractivity contribution in [3.63, 3.8) is 0 Å². The van der Waals surface area contributed by atoms with Crippen LogP contribution in [0.5, 0.6) is 0 Å². The van der Waals surface area contributed by atoms with E-state index in [4.69, 9.17) is 5.73 Å². The van der Waals surface area contributed by atoms with E-state index >= 15 is 0 Å². The third kappa shape index (κ3) is 4.99. The van der Waals surface area contributed by atoms with Crippen LogP contribution in [0.1, 0.15) is 72.1 Å². The van der Waals surface area contributed by atoms with E-state index in [-0.39, 0.29) is 18.7 Å². The molecule has 0 unspecified atom stereocenters. The Labute approximate surface area is 204 Å². The fourth-order valence-electron chi connectivity index (χ4n) is 5.07. The number of imide groups is 2. The van der Waals surface area contributed by atoms with Gasteiger partial charge in [-0.25, -0.2) is 0 Å². The molecule has 1 atom stereocenters. The molecule has 0 radical (unpaired) electrons. The van der Waals surface area contributed by atoms with Crippen molar-refractivity contribution < 1.29 is 19.2 Å². The summed E-state index contributed by atoms with van der Waals surface area (Å²) in [6.45, 7) is 0.767. The monoisotopic (exact) mass is 477 g/mol. The van der Waals surface area contributed by atoms with Gasteiger partial charge in [-0.15, -0.1) is 0 Å². The Kier molecular flexibility index (Phi) is 6.40. The fraction of sp³-hybridized carbons (Fsp3) is 0.500. The van der Waals surface area contributed by atoms with E-state index in [1.165, 1.54) is 12.8 Å². The van der Waals surface area contributed by atoms with E-state index in [9.17, 15) is 19.2 Å². The Morgan fingerprint density at radius 3 is 2.63 bits per heavy atom. The third-order valence-corrected chi connectivity index (χ3v) is 7.38. The van der Waals surface area contributed by atoms with Gasteiger partial charge in [-0.2, -0.15) is 0 Å². The normalized spacial score (nSPS) is 26.7. The first-order valence-electron chi connectivity index (χ1n) is 12.5. The van der Waals surface area contributed by atoms with Crippen LogP contribution in [0.3, 0.4) is 0 Å². The van der Waals surface area contributed by atoms with Gasteiger partial charge in [0.2, 0.25) is 11.8 Å². The second kappa shape index (κ2) is 9.64. The SMILES string of the molecule is NC(=CC=NC1CC(CCCNc2ccc3c(c2)C(=O)N([C@@H]2CCC(=O)NC2=O)C3=O)C1)C1CC1. The Hall–Kier alpha value is -3.49. The molecule has 4 N–H and O–H groups in total. The lowest BCUT2D eigenvalue weighted by Crippen LogP contribution is -2.54. The van der Waals surface area contributed by atoms with Gasteiger partial charge in [0.25, 0.3) is 11.8 Å². The molecule has 0 aromatic heterocycles. The molecule has 2 heterocycles. The average molecular weight is 478 g/mol. The number of benzene rings is 1. The average Bonchev–Trinajstić information content (AvgIpc) is 3.62. The smallest absolute Gasteiger partial charge is 0.262 e. The molecular weight excluding hydrogens is 446 g/mol. The molecule has 0 bridgehead atoms. The van der Waals surface area contributed by atoms with Crippen LogP contribution in [0.15, 0.2) is 35.0 Å². The minimum atomic E-state index is -0.946. The number of nitrogens with zero attached hydrogens (tertiary/aromatic N) is 2. The molecule has 35 heavy (non-hydrogen) atoms. The molecule has 2 aliphatic heterocycles. The second-order valence-corrected chi connectivity index (χ2v) is 10.0. The zero-order valence-electron chi connectivity index (χ0n) is 19.7. The van der Waals surface area contributed by atoms with E-state index in [0.717, 1.165) is 48.5 Å². The Balaban J connectivity index is 1.07. The minimum Gasteiger partial charge on any atom is -0.402 e. The summed E-state index contributed by atoms with van der Waals surface area (Å²) in [7, 11) is 0. The molecule has 1 aromatic rings. The lowest BCUT2D eigenvalue weighted by atomic mass is 9.78. The molecule has 4 aliphatic rings. The van der Waals surface area contributed by atoms with Gasteiger partial charge in [0, 0.05) is 30.6 Å². The molecule has 2 aliphatic carbocycles. The molecule has 3 fully saturated rings. The van der Waals surface area contributed by atoms with Crippen LogP contribution in [-0.2, 0) is 9.59 Å². The third-order valence-electron chi connectivity index (χ3n) is 7.38. The molecule has 9 nitrogen and oxygen atoms in total. The number of rotatable bonds is 9. The maximum absolute atomic E-state index is 12.9. The van der Waals surface area contributed by atoms with E-state index in [1.807, 2.05) is 12.3 Å². The number of carbonyl (C=O) groups excluding carboxylic acids is 4. The number of aliphatic imine (C=N–C) groups is 1. The second-order valence-electron chi connectivity index (χ2n) is 10.0. The predicted octanol–water partition coefficient (Wildman–Crippen LogP) is 2.38. The van der Waals surface area contributed by atoms with Crippen molar-refractivity contribution in [3.8, 4) is 0 Å². The number of nitrogens with one attached hydrogen (secondary N) is 2. The highest BCUT2D eigenvalue weighted by molar-refractivity contribution is 6.23. The van der Waals surface area contributed by atoms with E-state index in [2.05, 4.69) is 15.6 Å². The maximum atomic E-state index is 12.9. The van der Waals surface area contributed by atoms with Gasteiger partial charge in [-0.05, 0) is 81.1 Å². The number of amides is 4. The van der Waals surface area contributed by atoms with Crippen LogP contribution >= 0.6 is 0 Å². The van der Waals surface area contributed by atoms with Crippen LogP contribution in [-0.4, -0.2) is 53.4 Å². The van der Waals surface area contributed by atoms with Crippen molar-refractivity contribution in [2.45, 2.75) is 63.5 Å². The van der Waals surface area contributed by atoms with Gasteiger partial charge in [0.1, 0.15) is 6.04 Å². The van der Waals surface area contributed by atoms with Gasteiger partial charge in [0.05, 0.1) is 17.2 Å². The summed E-state index contributed by atoms with van der Waals surface area (Å²) in [5, 5.41) is 5.55. The lowest BCUT2D eigenvalue weighted by molar-refractivity contribution is -0.136. The first-order chi connectivity index (χ1) is 16.9. The van der Waals surface area contributed by atoms with Crippen molar-refractivity contribution in [1.82, 2.24) is 10.2 Å². The van der Waals surface area contributed by atoms with Crippen LogP contribution in [0.4, 0.5) is 5.69 Å². The largest absolute Gasteiger partial charge is 0.402 e. The van der Waals surface area contributed by atoms with Crippen LogP contribution in [0.25, 0.3) is 0 Å². The first-order valence-corrected chi connectivity index (χ1v) is 12.5. The molecule has 4 amide bonds. The zero-order chi connectivity index (χ0) is 24.5. The maximum Gasteiger partial charge on any atom is 0.262 e. The van der Waals surface area contributed by atoms with E-state index in [0.29, 0.717) is 29.0 Å². The van der Waals surface area contributed by atoms with Crippen LogP contribution in [0.2, 0.25) is 0 Å². The minimum absolute atomic E-state index is 0.108. The molecule has 1 saturated heterocycles. The number of piperidine rings is 1. The lowest BCUT2D eigenvalue weighted by Gasteiger charge is -2.32. The Morgan fingerprint density at radius 1 is 1.11 bits per heavy atom. The molecule has 5 rings (SSSR count). The number of anilines is 1. The van der Waals surface area contributed by atoms with Crippen LogP contribution in [0, 0.1) is 11.8 Å².